The normalized spacial score (nSPS) is 11.3. The second-order valence-corrected chi connectivity index (χ2v) is 36.6. The standard InChI is InChI=1S/3C46H32N2/c1-4-13-33(14-5-1)35-23-28-39(29-24-35)47(40-30-25-36(26-31-40)34-15-6-2-7-16-34)43-22-12-17-37-27-32-44-46(45(37)43)41-20-10-11-21-42(41)48(44)38-18-8-3-9-19-38;1-4-13-33(14-5-1)35-23-28-39(29-24-35)47(40-30-25-36(26-31-40)34-15-6-2-7-16-34)42-21-12-22-43-46(42)45-41-20-11-10-17-37(41)27-32-44(45)48(43)38-18-8-3-9-19-38;1-4-12-33(13-5-1)35-20-26-39(27-21-35)47(40-28-22-36(23-29-40)34-14-6-2-7-15-34)41-30-24-37-25-31-45-46(43(37)32-41)42-18-10-11-19-44(42)48(45)38-16-8-3-9-17-38/h3*1-32H. The van der Waals surface area contributed by atoms with Crippen LogP contribution in [0.5, 0.6) is 0 Å². The monoisotopic (exact) mass is 1840 g/mol. The van der Waals surface area contributed by atoms with Crippen LogP contribution in [0.25, 0.3) is 182 Å². The van der Waals surface area contributed by atoms with Crippen molar-refractivity contribution < 1.29 is 0 Å². The van der Waals surface area contributed by atoms with Gasteiger partial charge >= 0.3 is 0 Å². The first-order valence-corrected chi connectivity index (χ1v) is 49.3. The molecule has 0 unspecified atom stereocenters. The Morgan fingerprint density at radius 1 is 0.118 bits per heavy atom. The minimum atomic E-state index is 1.11. The molecule has 0 bridgehead atoms. The van der Waals surface area contributed by atoms with E-state index in [1.807, 2.05) is 0 Å². The van der Waals surface area contributed by atoms with Gasteiger partial charge in [-0.1, -0.05) is 413 Å². The maximum absolute atomic E-state index is 2.42. The van der Waals surface area contributed by atoms with Crippen LogP contribution in [-0.2, 0) is 0 Å². The predicted octanol–water partition coefficient (Wildman–Crippen LogP) is 38.2. The Hall–Kier alpha value is -19.1. The summed E-state index contributed by atoms with van der Waals surface area (Å²) in [7, 11) is 0. The van der Waals surface area contributed by atoms with E-state index in [1.54, 1.807) is 0 Å². The molecule has 27 rings (SSSR count). The van der Waals surface area contributed by atoms with Crippen molar-refractivity contribution in [2.24, 2.45) is 0 Å². The second-order valence-electron chi connectivity index (χ2n) is 36.6. The number of fused-ring (bicyclic) bond motifs is 15. The van der Waals surface area contributed by atoms with Gasteiger partial charge in [0.2, 0.25) is 0 Å². The molecule has 0 atom stereocenters. The van der Waals surface area contributed by atoms with Gasteiger partial charge < -0.3 is 28.4 Å². The minimum Gasteiger partial charge on any atom is -0.310 e. The molecule has 0 saturated carbocycles. The molecule has 6 nitrogen and oxygen atoms in total. The van der Waals surface area contributed by atoms with Crippen molar-refractivity contribution in [1.82, 2.24) is 13.7 Å². The van der Waals surface area contributed by atoms with Crippen LogP contribution in [0.3, 0.4) is 0 Å². The van der Waals surface area contributed by atoms with Crippen LogP contribution in [0.4, 0.5) is 51.2 Å². The highest BCUT2D eigenvalue weighted by atomic mass is 15.2. The van der Waals surface area contributed by atoms with Crippen LogP contribution >= 0.6 is 0 Å². The summed E-state index contributed by atoms with van der Waals surface area (Å²) in [4.78, 5) is 7.21. The van der Waals surface area contributed by atoms with Gasteiger partial charge in [0.1, 0.15) is 0 Å². The van der Waals surface area contributed by atoms with Crippen LogP contribution < -0.4 is 14.7 Å². The van der Waals surface area contributed by atoms with Crippen molar-refractivity contribution in [3.8, 4) is 83.8 Å². The second kappa shape index (κ2) is 38.3. The third kappa shape index (κ3) is 16.4. The molecule has 0 radical (unpaired) electrons. The van der Waals surface area contributed by atoms with E-state index in [1.165, 1.54) is 164 Å². The molecular formula is C138H96N6. The number of hydrogen-bond donors (Lipinski definition) is 0. The summed E-state index contributed by atoms with van der Waals surface area (Å²) in [5.74, 6) is 0. The van der Waals surface area contributed by atoms with Crippen LogP contribution in [-0.4, -0.2) is 13.7 Å². The molecule has 0 saturated heterocycles. The van der Waals surface area contributed by atoms with E-state index in [0.29, 0.717) is 0 Å². The molecular weight excluding hydrogens is 1740 g/mol. The molecule has 0 N–H and O–H groups in total. The van der Waals surface area contributed by atoms with E-state index in [0.717, 1.165) is 68.2 Å². The molecule has 144 heavy (non-hydrogen) atoms. The fourth-order valence-electron chi connectivity index (χ4n) is 21.4. The Bertz CT molecular complexity index is 9010. The molecule has 678 valence electrons. The molecule has 0 spiro atoms. The maximum atomic E-state index is 2.42. The third-order valence-electron chi connectivity index (χ3n) is 28.1. The van der Waals surface area contributed by atoms with E-state index in [2.05, 4.69) is 611 Å². The summed E-state index contributed by atoms with van der Waals surface area (Å²) < 4.78 is 7.20. The molecule has 3 heterocycles. The Balaban J connectivity index is 0.000000113. The fraction of sp³-hybridized carbons (Fsp3) is 0. The summed E-state index contributed by atoms with van der Waals surface area (Å²) >= 11 is 0. The number of nitrogens with zero attached hydrogens (tertiary/aromatic N) is 6. The highest BCUT2D eigenvalue weighted by Gasteiger charge is 2.27. The molecule has 27 aromatic rings. The van der Waals surface area contributed by atoms with Gasteiger partial charge in [0.05, 0.1) is 44.5 Å². The minimum absolute atomic E-state index is 1.11. The predicted molar refractivity (Wildman–Crippen MR) is 612 cm³/mol. The summed E-state index contributed by atoms with van der Waals surface area (Å²) in [5, 5.41) is 14.9. The van der Waals surface area contributed by atoms with Crippen molar-refractivity contribution >= 4 is 149 Å². The molecule has 6 heteroatoms. The lowest BCUT2D eigenvalue weighted by Crippen LogP contribution is -2.10. The fourth-order valence-corrected chi connectivity index (χ4v) is 21.4. The summed E-state index contributed by atoms with van der Waals surface area (Å²) in [5.41, 5.74) is 35.2. The van der Waals surface area contributed by atoms with Gasteiger partial charge in [0, 0.05) is 94.6 Å². The van der Waals surface area contributed by atoms with E-state index in [-0.39, 0.29) is 0 Å². The molecule has 0 aliphatic carbocycles. The van der Waals surface area contributed by atoms with Gasteiger partial charge in [-0.15, -0.1) is 0 Å². The van der Waals surface area contributed by atoms with E-state index >= 15 is 0 Å². The van der Waals surface area contributed by atoms with Crippen molar-refractivity contribution in [2.75, 3.05) is 14.7 Å². The number of benzene rings is 24. The highest BCUT2D eigenvalue weighted by molar-refractivity contribution is 6.28. The topological polar surface area (TPSA) is 24.5 Å². The molecule has 0 fully saturated rings. The van der Waals surface area contributed by atoms with Crippen molar-refractivity contribution in [3.63, 3.8) is 0 Å². The lowest BCUT2D eigenvalue weighted by molar-refractivity contribution is 1.18. The van der Waals surface area contributed by atoms with Gasteiger partial charge in [0.15, 0.2) is 0 Å². The lowest BCUT2D eigenvalue weighted by Gasteiger charge is -2.27. The van der Waals surface area contributed by atoms with Gasteiger partial charge in [0.25, 0.3) is 0 Å². The highest BCUT2D eigenvalue weighted by Crippen LogP contribution is 2.51. The zero-order valence-corrected chi connectivity index (χ0v) is 79.1. The number of anilines is 9. The maximum Gasteiger partial charge on any atom is 0.0562 e. The summed E-state index contributed by atoms with van der Waals surface area (Å²) in [6, 6.07) is 209. The lowest BCUT2D eigenvalue weighted by atomic mass is 9.99. The van der Waals surface area contributed by atoms with E-state index in [9.17, 15) is 0 Å². The largest absolute Gasteiger partial charge is 0.310 e. The zero-order valence-electron chi connectivity index (χ0n) is 79.1. The van der Waals surface area contributed by atoms with Crippen LogP contribution in [0.1, 0.15) is 0 Å². The quantitative estimate of drug-likeness (QED) is 0.0856. The average molecular weight is 1840 g/mol. The molecule has 3 aromatic heterocycles. The number of para-hydroxylation sites is 5. The summed E-state index contributed by atoms with van der Waals surface area (Å²) in [6.07, 6.45) is 0. The van der Waals surface area contributed by atoms with E-state index < -0.39 is 0 Å². The van der Waals surface area contributed by atoms with Crippen LogP contribution in [0.2, 0.25) is 0 Å². The average Bonchev–Trinajstić information content (AvgIpc) is 1.45. The smallest absolute Gasteiger partial charge is 0.0562 e. The first kappa shape index (κ1) is 86.4. The SMILES string of the molecule is c1ccc(-c2ccc(N(c3ccc(-c4ccccc4)cc3)c3ccc4ccc5c(c4c3)c3ccccc3n5-c3ccccc3)cc2)cc1.c1ccc(-c2ccc(N(c3ccc(-c4ccccc4)cc3)c3cccc4c3c3c5ccccc5ccc3n4-c3ccccc3)cc2)cc1.c1ccc(-c2ccc(N(c3ccc(-c4ccccc4)cc3)c3cccc4ccc5c(c6ccccc6n5-c5ccccc5)c34)cc2)cc1. The zero-order chi connectivity index (χ0) is 95.6. The van der Waals surface area contributed by atoms with Gasteiger partial charge in [-0.2, -0.15) is 0 Å². The van der Waals surface area contributed by atoms with Crippen molar-refractivity contribution in [1.29, 1.82) is 0 Å². The van der Waals surface area contributed by atoms with Crippen molar-refractivity contribution in [2.45, 2.75) is 0 Å². The Morgan fingerprint density at radius 3 is 0.715 bits per heavy atom. The van der Waals surface area contributed by atoms with Gasteiger partial charge in [-0.3, -0.25) is 0 Å². The Labute approximate surface area is 837 Å². The Morgan fingerprint density at radius 2 is 0.347 bits per heavy atom. The van der Waals surface area contributed by atoms with Crippen LogP contribution in [0.15, 0.2) is 582 Å². The van der Waals surface area contributed by atoms with Gasteiger partial charge in [-0.25, -0.2) is 0 Å². The third-order valence-corrected chi connectivity index (χ3v) is 28.1. The molecule has 0 amide bonds. The van der Waals surface area contributed by atoms with Gasteiger partial charge in [-0.05, 0) is 264 Å². The first-order valence-electron chi connectivity index (χ1n) is 49.3. The number of rotatable bonds is 18. The molecule has 0 aliphatic heterocycles. The van der Waals surface area contributed by atoms with Crippen molar-refractivity contribution in [3.05, 3.63) is 582 Å². The Kier molecular flexibility index (Phi) is 23.0. The molecule has 24 aromatic carbocycles. The van der Waals surface area contributed by atoms with Crippen LogP contribution in [0, 0.1) is 0 Å². The number of aromatic nitrogens is 3. The van der Waals surface area contributed by atoms with E-state index in [4.69, 9.17) is 0 Å². The summed E-state index contributed by atoms with van der Waals surface area (Å²) in [6.45, 7) is 0. The first-order chi connectivity index (χ1) is 71.5. The molecule has 0 aliphatic rings. The number of hydrogen-bond acceptors (Lipinski definition) is 3.